The standard InChI is InChI=1S/C30H36ClN3O5/c1-17-5-7-19(15-24(17)31)23(29(35)36)16-27-32-28-22-12-6-18(2)33(30(37)39-4)25(22)13-14-26(28)34(27)20-8-10-21(38-3)11-9-20/h5,7,13-15,18,20-21,23H,6,8-12,16H2,1-4H3,(H,35,36)/t18-,20?,21?,23-/m0/s1. The maximum atomic E-state index is 12.7. The first-order valence-electron chi connectivity index (χ1n) is 13.6. The summed E-state index contributed by atoms with van der Waals surface area (Å²) in [5.74, 6) is -0.965. The molecule has 0 radical (unpaired) electrons. The van der Waals surface area contributed by atoms with Gasteiger partial charge in [0.25, 0.3) is 0 Å². The lowest BCUT2D eigenvalue weighted by Crippen LogP contribution is -2.42. The SMILES string of the molecule is COC(=O)N1c2ccc3c(nc(C[C@H](C(=O)O)c4ccc(C)c(Cl)c4)n3C3CCC(OC)CC3)c2CC[C@@H]1C. The van der Waals surface area contributed by atoms with Gasteiger partial charge in [-0.2, -0.15) is 0 Å². The molecule has 39 heavy (non-hydrogen) atoms. The number of benzene rings is 2. The summed E-state index contributed by atoms with van der Waals surface area (Å²) in [4.78, 5) is 32.1. The Labute approximate surface area is 233 Å². The predicted molar refractivity (Wildman–Crippen MR) is 151 cm³/mol. The summed E-state index contributed by atoms with van der Waals surface area (Å²) in [5.41, 5.74) is 5.20. The number of anilines is 1. The molecule has 2 heterocycles. The highest BCUT2D eigenvalue weighted by atomic mass is 35.5. The minimum atomic E-state index is -0.913. The molecule has 1 amide bonds. The number of amides is 1. The molecule has 0 saturated heterocycles. The van der Waals surface area contributed by atoms with E-state index >= 15 is 0 Å². The highest BCUT2D eigenvalue weighted by molar-refractivity contribution is 6.31. The fraction of sp³-hybridized carbons (Fsp3) is 0.500. The van der Waals surface area contributed by atoms with E-state index in [1.807, 2.05) is 38.1 Å². The van der Waals surface area contributed by atoms with Crippen molar-refractivity contribution in [3.63, 3.8) is 0 Å². The van der Waals surface area contributed by atoms with Crippen LogP contribution in [0.5, 0.6) is 0 Å². The second kappa shape index (κ2) is 11.2. The Morgan fingerprint density at radius 3 is 2.51 bits per heavy atom. The molecular formula is C30H36ClN3O5. The minimum absolute atomic E-state index is 0.0101. The number of hydrogen-bond donors (Lipinski definition) is 1. The first-order chi connectivity index (χ1) is 18.7. The Hall–Kier alpha value is -3.10. The third-order valence-electron chi connectivity index (χ3n) is 8.52. The Bertz CT molecular complexity index is 1390. The van der Waals surface area contributed by atoms with Gasteiger partial charge in [0, 0.05) is 36.2 Å². The van der Waals surface area contributed by atoms with Gasteiger partial charge in [0.1, 0.15) is 5.82 Å². The second-order valence-corrected chi connectivity index (χ2v) is 11.2. The summed E-state index contributed by atoms with van der Waals surface area (Å²) in [6.07, 6.45) is 5.39. The molecule has 1 aromatic heterocycles. The number of aromatic nitrogens is 2. The van der Waals surface area contributed by atoms with Crippen molar-refractivity contribution in [2.24, 2.45) is 0 Å². The number of ether oxygens (including phenoxy) is 2. The largest absolute Gasteiger partial charge is 0.481 e. The second-order valence-electron chi connectivity index (χ2n) is 10.8. The van der Waals surface area contributed by atoms with Crippen LogP contribution in [-0.4, -0.2) is 53.1 Å². The number of carbonyl (C=O) groups excluding carboxylic acids is 1. The number of halogens is 1. The molecule has 2 aromatic carbocycles. The Morgan fingerprint density at radius 1 is 1.13 bits per heavy atom. The third-order valence-corrected chi connectivity index (χ3v) is 8.93. The average molecular weight is 554 g/mol. The first kappa shape index (κ1) is 27.5. The summed E-state index contributed by atoms with van der Waals surface area (Å²) in [6, 6.07) is 9.67. The van der Waals surface area contributed by atoms with E-state index < -0.39 is 11.9 Å². The molecule has 2 atom stereocenters. The summed E-state index contributed by atoms with van der Waals surface area (Å²) >= 11 is 6.38. The molecular weight excluding hydrogens is 518 g/mol. The van der Waals surface area contributed by atoms with Crippen LogP contribution in [-0.2, 0) is 27.1 Å². The van der Waals surface area contributed by atoms with Crippen LogP contribution in [0.15, 0.2) is 30.3 Å². The van der Waals surface area contributed by atoms with E-state index in [2.05, 4.69) is 4.57 Å². The highest BCUT2D eigenvalue weighted by Gasteiger charge is 2.34. The molecule has 0 unspecified atom stereocenters. The van der Waals surface area contributed by atoms with E-state index in [1.165, 1.54) is 7.11 Å². The number of aryl methyl sites for hydroxylation is 2. The molecule has 0 bridgehead atoms. The van der Waals surface area contributed by atoms with E-state index in [9.17, 15) is 14.7 Å². The number of carbonyl (C=O) groups is 2. The zero-order valence-corrected chi connectivity index (χ0v) is 23.7. The molecule has 1 aliphatic carbocycles. The fourth-order valence-electron chi connectivity index (χ4n) is 6.27. The number of aliphatic carboxylic acids is 1. The van der Waals surface area contributed by atoms with Crippen LogP contribution in [0.25, 0.3) is 11.0 Å². The number of rotatable bonds is 6. The lowest BCUT2D eigenvalue weighted by Gasteiger charge is -2.34. The van der Waals surface area contributed by atoms with Gasteiger partial charge in [-0.1, -0.05) is 23.7 Å². The molecule has 9 heteroatoms. The van der Waals surface area contributed by atoms with Crippen LogP contribution in [0.3, 0.4) is 0 Å². The molecule has 1 saturated carbocycles. The van der Waals surface area contributed by atoms with Crippen molar-refractivity contribution in [1.29, 1.82) is 0 Å². The quantitative estimate of drug-likeness (QED) is 0.377. The topological polar surface area (TPSA) is 93.9 Å². The minimum Gasteiger partial charge on any atom is -0.481 e. The lowest BCUT2D eigenvalue weighted by molar-refractivity contribution is -0.138. The normalized spacial score (nSPS) is 22.0. The lowest BCUT2D eigenvalue weighted by atomic mass is 9.91. The zero-order valence-electron chi connectivity index (χ0n) is 22.9. The van der Waals surface area contributed by atoms with Gasteiger partial charge in [0.15, 0.2) is 0 Å². The van der Waals surface area contributed by atoms with Crippen LogP contribution in [0.2, 0.25) is 5.02 Å². The van der Waals surface area contributed by atoms with E-state index in [0.29, 0.717) is 10.6 Å². The maximum absolute atomic E-state index is 12.7. The van der Waals surface area contributed by atoms with Crippen molar-refractivity contribution < 1.29 is 24.2 Å². The first-order valence-corrected chi connectivity index (χ1v) is 14.0. The van der Waals surface area contributed by atoms with Crippen LogP contribution in [0.4, 0.5) is 10.5 Å². The molecule has 0 spiro atoms. The smallest absolute Gasteiger partial charge is 0.414 e. The van der Waals surface area contributed by atoms with Gasteiger partial charge >= 0.3 is 12.1 Å². The summed E-state index contributed by atoms with van der Waals surface area (Å²) in [7, 11) is 3.15. The van der Waals surface area contributed by atoms with Crippen molar-refractivity contribution in [3.8, 4) is 0 Å². The van der Waals surface area contributed by atoms with Crippen LogP contribution >= 0.6 is 11.6 Å². The maximum Gasteiger partial charge on any atom is 0.414 e. The molecule has 5 rings (SSSR count). The molecule has 8 nitrogen and oxygen atoms in total. The summed E-state index contributed by atoms with van der Waals surface area (Å²) in [6.45, 7) is 3.92. The molecule has 1 N–H and O–H groups in total. The Balaban J connectivity index is 1.63. The van der Waals surface area contributed by atoms with E-state index in [1.54, 1.807) is 18.1 Å². The van der Waals surface area contributed by atoms with Crippen LogP contribution in [0.1, 0.15) is 73.5 Å². The number of methoxy groups -OCH3 is 2. The summed E-state index contributed by atoms with van der Waals surface area (Å²) < 4.78 is 13.0. The zero-order chi connectivity index (χ0) is 27.8. The molecule has 208 valence electrons. The number of fused-ring (bicyclic) bond motifs is 3. The number of nitrogens with zero attached hydrogens (tertiary/aromatic N) is 3. The van der Waals surface area contributed by atoms with Gasteiger partial charge in [-0.05, 0) is 81.7 Å². The monoisotopic (exact) mass is 553 g/mol. The van der Waals surface area contributed by atoms with Gasteiger partial charge < -0.3 is 19.1 Å². The van der Waals surface area contributed by atoms with Gasteiger partial charge in [0.2, 0.25) is 0 Å². The summed E-state index contributed by atoms with van der Waals surface area (Å²) in [5, 5.41) is 10.8. The predicted octanol–water partition coefficient (Wildman–Crippen LogP) is 6.45. The van der Waals surface area contributed by atoms with E-state index in [4.69, 9.17) is 26.1 Å². The molecule has 3 aromatic rings. The number of imidazole rings is 1. The molecule has 2 aliphatic rings. The van der Waals surface area contributed by atoms with E-state index in [0.717, 1.165) is 72.2 Å². The molecule has 1 aliphatic heterocycles. The van der Waals surface area contributed by atoms with Gasteiger partial charge in [-0.25, -0.2) is 9.78 Å². The van der Waals surface area contributed by atoms with Crippen LogP contribution in [0, 0.1) is 6.92 Å². The van der Waals surface area contributed by atoms with Gasteiger partial charge in [-0.3, -0.25) is 9.69 Å². The average Bonchev–Trinajstić information content (AvgIpc) is 3.31. The van der Waals surface area contributed by atoms with Crippen molar-refractivity contribution in [2.45, 2.75) is 82.9 Å². The highest BCUT2D eigenvalue weighted by Crippen LogP contribution is 2.40. The van der Waals surface area contributed by atoms with Crippen molar-refractivity contribution in [2.75, 3.05) is 19.1 Å². The van der Waals surface area contributed by atoms with E-state index in [-0.39, 0.29) is 30.7 Å². The molecule has 1 fully saturated rings. The number of carboxylic acids is 1. The Kier molecular flexibility index (Phi) is 7.87. The Morgan fingerprint density at radius 2 is 1.87 bits per heavy atom. The van der Waals surface area contributed by atoms with Crippen molar-refractivity contribution in [1.82, 2.24) is 9.55 Å². The number of carboxylic acid groups (broad SMARTS) is 1. The van der Waals surface area contributed by atoms with Gasteiger partial charge in [-0.15, -0.1) is 0 Å². The van der Waals surface area contributed by atoms with Crippen LogP contribution < -0.4 is 4.90 Å². The van der Waals surface area contributed by atoms with Crippen molar-refractivity contribution in [3.05, 3.63) is 57.9 Å². The van der Waals surface area contributed by atoms with Gasteiger partial charge in [0.05, 0.1) is 35.9 Å². The van der Waals surface area contributed by atoms with Crippen molar-refractivity contribution >= 4 is 40.4 Å². The fourth-order valence-corrected chi connectivity index (χ4v) is 6.46. The number of hydrogen-bond acceptors (Lipinski definition) is 5. The third kappa shape index (κ3) is 5.12.